The molecule has 3 nitrogen and oxygen atoms in total. The summed E-state index contributed by atoms with van der Waals surface area (Å²) in [6, 6.07) is 7.57. The van der Waals surface area contributed by atoms with Gasteiger partial charge in [-0.1, -0.05) is 41.1 Å². The van der Waals surface area contributed by atoms with E-state index in [-0.39, 0.29) is 0 Å². The van der Waals surface area contributed by atoms with Gasteiger partial charge in [-0.25, -0.2) is 0 Å². The zero-order chi connectivity index (χ0) is 11.4. The quantitative estimate of drug-likeness (QED) is 0.846. The number of halogens is 1. The number of hydrogen-bond donors (Lipinski definition) is 1. The standard InChI is InChI=1S/C11H10ClN3S/c1-2-6-13-11-15-14-10(16-11)8-4-3-5-9(12)7-8/h2-5,7H,1,6H2,(H,13,15). The van der Waals surface area contributed by atoms with Crippen molar-refractivity contribution in [1.29, 1.82) is 0 Å². The van der Waals surface area contributed by atoms with E-state index < -0.39 is 0 Å². The fourth-order valence-electron chi connectivity index (χ4n) is 1.19. The highest BCUT2D eigenvalue weighted by atomic mass is 35.5. The van der Waals surface area contributed by atoms with Crippen molar-refractivity contribution in [3.8, 4) is 10.6 Å². The Bertz CT molecular complexity index is 495. The van der Waals surface area contributed by atoms with Crippen LogP contribution in [-0.2, 0) is 0 Å². The van der Waals surface area contributed by atoms with E-state index in [0.29, 0.717) is 11.6 Å². The molecule has 1 heterocycles. The highest BCUT2D eigenvalue weighted by Crippen LogP contribution is 2.27. The Kier molecular flexibility index (Phi) is 3.54. The number of nitrogens with zero attached hydrogens (tertiary/aromatic N) is 2. The molecule has 16 heavy (non-hydrogen) atoms. The summed E-state index contributed by atoms with van der Waals surface area (Å²) in [6.07, 6.45) is 1.78. The summed E-state index contributed by atoms with van der Waals surface area (Å²) in [5.74, 6) is 0. The molecule has 1 aromatic heterocycles. The van der Waals surface area contributed by atoms with Crippen LogP contribution in [-0.4, -0.2) is 16.7 Å². The van der Waals surface area contributed by atoms with Gasteiger partial charge in [0, 0.05) is 17.1 Å². The minimum absolute atomic E-state index is 0.685. The van der Waals surface area contributed by atoms with E-state index in [4.69, 9.17) is 11.6 Å². The zero-order valence-electron chi connectivity index (χ0n) is 8.48. The SMILES string of the molecule is C=CCNc1nnc(-c2cccc(Cl)c2)s1. The largest absolute Gasteiger partial charge is 0.357 e. The first-order valence-corrected chi connectivity index (χ1v) is 5.93. The van der Waals surface area contributed by atoms with Crippen LogP contribution < -0.4 is 5.32 Å². The summed E-state index contributed by atoms with van der Waals surface area (Å²) in [4.78, 5) is 0. The van der Waals surface area contributed by atoms with Gasteiger partial charge >= 0.3 is 0 Å². The molecule has 0 radical (unpaired) electrons. The van der Waals surface area contributed by atoms with Crippen LogP contribution in [0.5, 0.6) is 0 Å². The summed E-state index contributed by atoms with van der Waals surface area (Å²) in [6.45, 7) is 4.31. The fourth-order valence-corrected chi connectivity index (χ4v) is 2.13. The minimum atomic E-state index is 0.685. The maximum absolute atomic E-state index is 5.91. The van der Waals surface area contributed by atoms with Gasteiger partial charge in [0.15, 0.2) is 0 Å². The third-order valence-corrected chi connectivity index (χ3v) is 3.06. The number of anilines is 1. The lowest BCUT2D eigenvalue weighted by Crippen LogP contribution is -1.96. The van der Waals surface area contributed by atoms with Gasteiger partial charge < -0.3 is 5.32 Å². The van der Waals surface area contributed by atoms with Gasteiger partial charge in [0.1, 0.15) is 5.01 Å². The van der Waals surface area contributed by atoms with Crippen LogP contribution in [0, 0.1) is 0 Å². The molecule has 0 aliphatic rings. The lowest BCUT2D eigenvalue weighted by atomic mass is 10.2. The Morgan fingerprint density at radius 3 is 3.06 bits per heavy atom. The number of rotatable bonds is 4. The van der Waals surface area contributed by atoms with Crippen LogP contribution >= 0.6 is 22.9 Å². The molecule has 0 unspecified atom stereocenters. The molecule has 2 aromatic rings. The van der Waals surface area contributed by atoms with Gasteiger partial charge in [0.05, 0.1) is 0 Å². The summed E-state index contributed by atoms with van der Waals surface area (Å²) in [5, 5.41) is 13.6. The second-order valence-electron chi connectivity index (χ2n) is 3.09. The molecule has 0 aliphatic heterocycles. The van der Waals surface area contributed by atoms with Crippen molar-refractivity contribution >= 4 is 28.1 Å². The van der Waals surface area contributed by atoms with E-state index in [2.05, 4.69) is 22.1 Å². The van der Waals surface area contributed by atoms with Crippen LogP contribution in [0.15, 0.2) is 36.9 Å². The van der Waals surface area contributed by atoms with Crippen molar-refractivity contribution in [3.05, 3.63) is 41.9 Å². The first-order valence-electron chi connectivity index (χ1n) is 4.74. The molecule has 1 N–H and O–H groups in total. The first-order chi connectivity index (χ1) is 7.79. The Hall–Kier alpha value is -1.39. The summed E-state index contributed by atoms with van der Waals surface area (Å²) >= 11 is 7.41. The average molecular weight is 252 g/mol. The van der Waals surface area contributed by atoms with Gasteiger partial charge in [0.25, 0.3) is 0 Å². The number of hydrogen-bond acceptors (Lipinski definition) is 4. The Morgan fingerprint density at radius 2 is 2.31 bits per heavy atom. The Labute approximate surface area is 103 Å². The first kappa shape index (κ1) is 11.1. The van der Waals surface area contributed by atoms with E-state index in [9.17, 15) is 0 Å². The minimum Gasteiger partial charge on any atom is -0.357 e. The second kappa shape index (κ2) is 5.09. The van der Waals surface area contributed by atoms with E-state index in [1.165, 1.54) is 11.3 Å². The molecule has 0 bridgehead atoms. The molecule has 0 spiro atoms. The number of benzene rings is 1. The smallest absolute Gasteiger partial charge is 0.206 e. The van der Waals surface area contributed by atoms with Crippen LogP contribution in [0.25, 0.3) is 10.6 Å². The molecule has 82 valence electrons. The molecule has 0 aliphatic carbocycles. The summed E-state index contributed by atoms with van der Waals surface area (Å²) in [5.41, 5.74) is 0.983. The topological polar surface area (TPSA) is 37.8 Å². The molecule has 0 amide bonds. The van der Waals surface area contributed by atoms with Gasteiger partial charge in [-0.15, -0.1) is 16.8 Å². The Morgan fingerprint density at radius 1 is 1.44 bits per heavy atom. The van der Waals surface area contributed by atoms with E-state index in [1.54, 1.807) is 6.08 Å². The van der Waals surface area contributed by atoms with Crippen molar-refractivity contribution in [2.45, 2.75) is 0 Å². The maximum Gasteiger partial charge on any atom is 0.206 e. The fraction of sp³-hybridized carbons (Fsp3) is 0.0909. The molecule has 1 aromatic carbocycles. The zero-order valence-corrected chi connectivity index (χ0v) is 10.1. The van der Waals surface area contributed by atoms with Crippen molar-refractivity contribution in [3.63, 3.8) is 0 Å². The Balaban J connectivity index is 2.21. The van der Waals surface area contributed by atoms with Gasteiger partial charge in [-0.05, 0) is 12.1 Å². The van der Waals surface area contributed by atoms with Crippen LogP contribution in [0.2, 0.25) is 5.02 Å². The van der Waals surface area contributed by atoms with E-state index >= 15 is 0 Å². The average Bonchev–Trinajstić information content (AvgIpc) is 2.75. The summed E-state index contributed by atoms with van der Waals surface area (Å²) in [7, 11) is 0. The van der Waals surface area contributed by atoms with Gasteiger partial charge in [-0.3, -0.25) is 0 Å². The van der Waals surface area contributed by atoms with Crippen molar-refractivity contribution < 1.29 is 0 Å². The van der Waals surface area contributed by atoms with Crippen molar-refractivity contribution in [2.75, 3.05) is 11.9 Å². The van der Waals surface area contributed by atoms with Crippen molar-refractivity contribution in [2.24, 2.45) is 0 Å². The number of aromatic nitrogens is 2. The highest BCUT2D eigenvalue weighted by molar-refractivity contribution is 7.18. The molecular formula is C11H10ClN3S. The third-order valence-electron chi connectivity index (χ3n) is 1.89. The molecule has 0 fully saturated rings. The monoisotopic (exact) mass is 251 g/mol. The van der Waals surface area contributed by atoms with Gasteiger partial charge in [-0.2, -0.15) is 0 Å². The lowest BCUT2D eigenvalue weighted by molar-refractivity contribution is 1.08. The van der Waals surface area contributed by atoms with E-state index in [0.717, 1.165) is 15.7 Å². The van der Waals surface area contributed by atoms with Crippen LogP contribution in [0.4, 0.5) is 5.13 Å². The molecule has 2 rings (SSSR count). The lowest BCUT2D eigenvalue weighted by Gasteiger charge is -1.95. The normalized spacial score (nSPS) is 10.1. The molecular weight excluding hydrogens is 242 g/mol. The molecule has 0 saturated heterocycles. The predicted octanol–water partition coefficient (Wildman–Crippen LogP) is 3.46. The van der Waals surface area contributed by atoms with Crippen LogP contribution in [0.1, 0.15) is 0 Å². The maximum atomic E-state index is 5.91. The summed E-state index contributed by atoms with van der Waals surface area (Å²) < 4.78 is 0. The number of nitrogens with one attached hydrogen (secondary N) is 1. The third kappa shape index (κ3) is 2.59. The van der Waals surface area contributed by atoms with Crippen LogP contribution in [0.3, 0.4) is 0 Å². The molecule has 5 heteroatoms. The molecule has 0 saturated carbocycles. The van der Waals surface area contributed by atoms with Crippen molar-refractivity contribution in [1.82, 2.24) is 10.2 Å². The highest BCUT2D eigenvalue weighted by Gasteiger charge is 2.05. The molecule has 0 atom stereocenters. The van der Waals surface area contributed by atoms with Gasteiger partial charge in [0.2, 0.25) is 5.13 Å². The second-order valence-corrected chi connectivity index (χ2v) is 4.51. The van der Waals surface area contributed by atoms with E-state index in [1.807, 2.05) is 24.3 Å². The predicted molar refractivity (Wildman–Crippen MR) is 69.0 cm³/mol.